The van der Waals surface area contributed by atoms with Gasteiger partial charge in [-0.15, -0.1) is 0 Å². The van der Waals surface area contributed by atoms with E-state index in [0.717, 1.165) is 0 Å². The van der Waals surface area contributed by atoms with Crippen LogP contribution in [0.25, 0.3) is 0 Å². The number of ketones is 1. The van der Waals surface area contributed by atoms with Gasteiger partial charge >= 0.3 is 0 Å². The van der Waals surface area contributed by atoms with Gasteiger partial charge in [-0.2, -0.15) is 5.26 Å². The van der Waals surface area contributed by atoms with Crippen molar-refractivity contribution in [2.45, 2.75) is 24.9 Å². The molecule has 1 aromatic heterocycles. The summed E-state index contributed by atoms with van der Waals surface area (Å²) < 4.78 is 5.06. The number of anilines is 1. The minimum atomic E-state index is -1.91. The van der Waals surface area contributed by atoms with E-state index in [-0.39, 0.29) is 12.2 Å². The number of nitrogens with zero attached hydrogens (tertiary/aromatic N) is 2. The fourth-order valence-electron chi connectivity index (χ4n) is 2.97. The largest absolute Gasteiger partial charge is 0.461 e. The third-order valence-corrected chi connectivity index (χ3v) is 4.12. The van der Waals surface area contributed by atoms with E-state index in [1.165, 1.54) is 17.2 Å². The lowest BCUT2D eigenvalue weighted by molar-refractivity contribution is -0.135. The summed E-state index contributed by atoms with van der Waals surface area (Å²) >= 11 is 0. The standard InChI is InChI=1S/C18H16N2O4/c19-9-3-4-10-20-14-7-2-1-6-13(14)18(23,17(20)22)12-15(21)16-8-5-11-24-16/h1-2,5-8,11,23H,3-4,10,12H2/t18-/m0/s1. The summed E-state index contributed by atoms with van der Waals surface area (Å²) in [6.07, 6.45) is 1.80. The van der Waals surface area contributed by atoms with Gasteiger partial charge in [0.25, 0.3) is 5.91 Å². The number of furan rings is 1. The summed E-state index contributed by atoms with van der Waals surface area (Å²) in [5, 5.41) is 19.7. The first-order chi connectivity index (χ1) is 11.6. The smallest absolute Gasteiger partial charge is 0.264 e. The number of carbonyl (C=O) groups excluding carboxylic acids is 2. The van der Waals surface area contributed by atoms with Crippen molar-refractivity contribution in [1.82, 2.24) is 0 Å². The Hall–Kier alpha value is -2.91. The molecule has 2 heterocycles. The number of rotatable bonds is 6. The zero-order valence-corrected chi connectivity index (χ0v) is 12.9. The lowest BCUT2D eigenvalue weighted by Gasteiger charge is -2.22. The first-order valence-corrected chi connectivity index (χ1v) is 7.65. The van der Waals surface area contributed by atoms with Crippen LogP contribution in [0.5, 0.6) is 0 Å². The Morgan fingerprint density at radius 3 is 2.79 bits per heavy atom. The van der Waals surface area contributed by atoms with Gasteiger partial charge in [-0.1, -0.05) is 18.2 Å². The second-order valence-corrected chi connectivity index (χ2v) is 5.67. The van der Waals surface area contributed by atoms with E-state index in [1.807, 2.05) is 6.07 Å². The Labute approximate surface area is 138 Å². The number of amides is 1. The maximum Gasteiger partial charge on any atom is 0.264 e. The fraction of sp³-hybridized carbons (Fsp3) is 0.278. The summed E-state index contributed by atoms with van der Waals surface area (Å²) in [5.41, 5.74) is -0.922. The molecule has 0 fully saturated rings. The van der Waals surface area contributed by atoms with Gasteiger partial charge < -0.3 is 14.4 Å². The molecule has 1 N–H and O–H groups in total. The molecule has 6 heteroatoms. The molecule has 0 unspecified atom stereocenters. The quantitative estimate of drug-likeness (QED) is 0.650. The molecule has 24 heavy (non-hydrogen) atoms. The molecule has 1 amide bonds. The number of aliphatic hydroxyl groups is 1. The number of Topliss-reactive ketones (excluding diaryl/α,β-unsaturated/α-hetero) is 1. The van der Waals surface area contributed by atoms with Crippen molar-refractivity contribution in [2.24, 2.45) is 0 Å². The van der Waals surface area contributed by atoms with E-state index in [2.05, 4.69) is 0 Å². The molecule has 3 rings (SSSR count). The average molecular weight is 324 g/mol. The van der Waals surface area contributed by atoms with E-state index in [4.69, 9.17) is 9.68 Å². The lowest BCUT2D eigenvalue weighted by atomic mass is 9.89. The number of unbranched alkanes of at least 4 members (excludes halogenated alkanes) is 1. The van der Waals surface area contributed by atoms with Crippen LogP contribution in [0.4, 0.5) is 5.69 Å². The fourth-order valence-corrected chi connectivity index (χ4v) is 2.97. The molecule has 1 aliphatic heterocycles. The summed E-state index contributed by atoms with van der Waals surface area (Å²) in [6.45, 7) is 0.320. The van der Waals surface area contributed by atoms with Crippen molar-refractivity contribution in [2.75, 3.05) is 11.4 Å². The number of hydrogen-bond donors (Lipinski definition) is 1. The lowest BCUT2D eigenvalue weighted by Crippen LogP contribution is -2.42. The first kappa shape index (κ1) is 16.0. The number of hydrogen-bond acceptors (Lipinski definition) is 5. The molecular formula is C18H16N2O4. The van der Waals surface area contributed by atoms with Gasteiger partial charge in [0.15, 0.2) is 11.4 Å². The van der Waals surface area contributed by atoms with Crippen molar-refractivity contribution in [3.63, 3.8) is 0 Å². The van der Waals surface area contributed by atoms with Crippen molar-refractivity contribution < 1.29 is 19.1 Å². The van der Waals surface area contributed by atoms with Crippen LogP contribution in [-0.2, 0) is 10.4 Å². The first-order valence-electron chi connectivity index (χ1n) is 7.65. The summed E-state index contributed by atoms with van der Waals surface area (Å²) in [4.78, 5) is 26.6. The molecule has 1 aliphatic rings. The number of carbonyl (C=O) groups is 2. The molecule has 0 aliphatic carbocycles. The number of fused-ring (bicyclic) bond motifs is 1. The maximum atomic E-state index is 12.8. The molecule has 1 aromatic carbocycles. The van der Waals surface area contributed by atoms with Gasteiger partial charge in [0.1, 0.15) is 0 Å². The molecular weight excluding hydrogens is 308 g/mol. The monoisotopic (exact) mass is 324 g/mol. The summed E-state index contributed by atoms with van der Waals surface area (Å²) in [7, 11) is 0. The van der Waals surface area contributed by atoms with Crippen molar-refractivity contribution in [3.05, 3.63) is 54.0 Å². The van der Waals surface area contributed by atoms with Crippen LogP contribution in [0.2, 0.25) is 0 Å². The number of para-hydroxylation sites is 1. The zero-order chi connectivity index (χ0) is 17.2. The molecule has 1 atom stereocenters. The van der Waals surface area contributed by atoms with Gasteiger partial charge in [-0.3, -0.25) is 9.59 Å². The van der Waals surface area contributed by atoms with E-state index < -0.39 is 17.3 Å². The predicted octanol–water partition coefficient (Wildman–Crippen LogP) is 2.39. The highest BCUT2D eigenvalue weighted by atomic mass is 16.3. The SMILES string of the molecule is N#CCCCN1C(=O)[C@](O)(CC(=O)c2ccco2)c2ccccc21. The molecule has 6 nitrogen and oxygen atoms in total. The Morgan fingerprint density at radius 1 is 1.29 bits per heavy atom. The van der Waals surface area contributed by atoms with Gasteiger partial charge in [0, 0.05) is 18.5 Å². The Morgan fingerprint density at radius 2 is 2.08 bits per heavy atom. The highest BCUT2D eigenvalue weighted by Crippen LogP contribution is 2.42. The van der Waals surface area contributed by atoms with Gasteiger partial charge in [-0.25, -0.2) is 0 Å². The van der Waals surface area contributed by atoms with Crippen molar-refractivity contribution in [3.8, 4) is 6.07 Å². The Balaban J connectivity index is 1.91. The predicted molar refractivity (Wildman–Crippen MR) is 85.2 cm³/mol. The van der Waals surface area contributed by atoms with Crippen molar-refractivity contribution in [1.29, 1.82) is 5.26 Å². The van der Waals surface area contributed by atoms with Gasteiger partial charge in [0.05, 0.1) is 24.4 Å². The van der Waals surface area contributed by atoms with E-state index in [1.54, 1.807) is 30.3 Å². The van der Waals surface area contributed by atoms with Crippen LogP contribution in [0, 0.1) is 11.3 Å². The highest BCUT2D eigenvalue weighted by Gasteiger charge is 2.50. The Kier molecular flexibility index (Phi) is 4.19. The summed E-state index contributed by atoms with van der Waals surface area (Å²) in [6, 6.07) is 12.0. The molecule has 0 bridgehead atoms. The number of nitriles is 1. The van der Waals surface area contributed by atoms with Crippen LogP contribution in [0.1, 0.15) is 35.4 Å². The maximum absolute atomic E-state index is 12.8. The molecule has 122 valence electrons. The van der Waals surface area contributed by atoms with E-state index in [9.17, 15) is 14.7 Å². The van der Waals surface area contributed by atoms with Crippen LogP contribution in [0.15, 0.2) is 47.1 Å². The number of benzene rings is 1. The minimum absolute atomic E-state index is 0.108. The second kappa shape index (κ2) is 6.30. The zero-order valence-electron chi connectivity index (χ0n) is 12.9. The third kappa shape index (κ3) is 2.59. The topological polar surface area (TPSA) is 94.5 Å². The Bertz CT molecular complexity index is 807. The average Bonchev–Trinajstić information content (AvgIpc) is 3.18. The molecule has 0 saturated heterocycles. The van der Waals surface area contributed by atoms with E-state index >= 15 is 0 Å². The van der Waals surface area contributed by atoms with Crippen LogP contribution < -0.4 is 4.90 Å². The van der Waals surface area contributed by atoms with Gasteiger partial charge in [-0.05, 0) is 24.6 Å². The van der Waals surface area contributed by atoms with Gasteiger partial charge in [0.2, 0.25) is 5.78 Å². The third-order valence-electron chi connectivity index (χ3n) is 4.12. The molecule has 2 aromatic rings. The minimum Gasteiger partial charge on any atom is -0.461 e. The highest BCUT2D eigenvalue weighted by molar-refractivity contribution is 6.10. The normalized spacial score (nSPS) is 19.2. The van der Waals surface area contributed by atoms with E-state index in [0.29, 0.717) is 30.6 Å². The van der Waals surface area contributed by atoms with Crippen LogP contribution >= 0.6 is 0 Å². The van der Waals surface area contributed by atoms with Crippen LogP contribution in [0.3, 0.4) is 0 Å². The second-order valence-electron chi connectivity index (χ2n) is 5.67. The van der Waals surface area contributed by atoms with Crippen LogP contribution in [-0.4, -0.2) is 23.3 Å². The van der Waals surface area contributed by atoms with Crippen molar-refractivity contribution >= 4 is 17.4 Å². The molecule has 0 spiro atoms. The molecule has 0 saturated carbocycles. The molecule has 0 radical (unpaired) electrons. The summed E-state index contributed by atoms with van der Waals surface area (Å²) in [5.74, 6) is -0.872.